The van der Waals surface area contributed by atoms with Crippen LogP contribution < -0.4 is 10.2 Å². The highest BCUT2D eigenvalue weighted by Gasteiger charge is 2.19. The summed E-state index contributed by atoms with van der Waals surface area (Å²) in [4.78, 5) is 32.0. The van der Waals surface area contributed by atoms with Crippen LogP contribution in [0, 0.1) is 0 Å². The smallest absolute Gasteiger partial charge is 0.253 e. The van der Waals surface area contributed by atoms with E-state index in [1.807, 2.05) is 29.2 Å². The fraction of sp³-hybridized carbons (Fsp3) is 0.316. The van der Waals surface area contributed by atoms with Gasteiger partial charge in [-0.05, 0) is 17.7 Å². The molecule has 1 saturated heterocycles. The number of nitrogens with zero attached hydrogens (tertiary/aromatic N) is 3. The number of nitrogens with one attached hydrogen (secondary N) is 1. The Labute approximate surface area is 157 Å². The van der Waals surface area contributed by atoms with Gasteiger partial charge in [0.1, 0.15) is 0 Å². The van der Waals surface area contributed by atoms with Gasteiger partial charge in [-0.15, -0.1) is 0 Å². The molecule has 6 nitrogen and oxygen atoms in total. The molecule has 0 unspecified atom stereocenters. The van der Waals surface area contributed by atoms with Gasteiger partial charge in [-0.25, -0.2) is 0 Å². The summed E-state index contributed by atoms with van der Waals surface area (Å²) in [5.74, 6) is -0.0999. The van der Waals surface area contributed by atoms with E-state index < -0.39 is 0 Å². The normalized spacial score (nSPS) is 14.2. The van der Waals surface area contributed by atoms with E-state index in [1.165, 1.54) is 0 Å². The summed E-state index contributed by atoms with van der Waals surface area (Å²) in [5.41, 5.74) is 2.26. The van der Waals surface area contributed by atoms with E-state index in [2.05, 4.69) is 15.2 Å². The topological polar surface area (TPSA) is 65.5 Å². The lowest BCUT2D eigenvalue weighted by Gasteiger charge is -2.35. The Morgan fingerprint density at radius 3 is 2.58 bits per heavy atom. The van der Waals surface area contributed by atoms with Crippen molar-refractivity contribution >= 4 is 29.1 Å². The monoisotopic (exact) mass is 372 g/mol. The zero-order valence-corrected chi connectivity index (χ0v) is 15.4. The number of carbonyl (C=O) groups is 2. The van der Waals surface area contributed by atoms with E-state index in [0.717, 1.165) is 24.3 Å². The maximum atomic E-state index is 12.4. The summed E-state index contributed by atoms with van der Waals surface area (Å²) in [6.07, 6.45) is 3.30. The maximum Gasteiger partial charge on any atom is 0.253 e. The van der Waals surface area contributed by atoms with Crippen molar-refractivity contribution in [3.8, 4) is 0 Å². The Hall–Kier alpha value is -2.60. The molecular formula is C19H21ClN4O2. The molecule has 0 bridgehead atoms. The standard InChI is InChI=1S/C19H21ClN4O2/c1-14(25)23-6-8-24(9-7-23)17-10-16(11-21-13-17)19(26)22-12-15-4-2-3-5-18(15)20/h2-5,10-11,13H,6-9,12H2,1H3,(H,22,26). The van der Waals surface area contributed by atoms with Gasteiger partial charge in [-0.3, -0.25) is 14.6 Å². The van der Waals surface area contributed by atoms with E-state index in [-0.39, 0.29) is 11.8 Å². The summed E-state index contributed by atoms with van der Waals surface area (Å²) < 4.78 is 0. The Balaban J connectivity index is 1.63. The molecule has 1 aliphatic heterocycles. The summed E-state index contributed by atoms with van der Waals surface area (Å²) >= 11 is 6.12. The van der Waals surface area contributed by atoms with E-state index >= 15 is 0 Å². The van der Waals surface area contributed by atoms with Crippen molar-refractivity contribution in [2.45, 2.75) is 13.5 Å². The molecule has 0 saturated carbocycles. The molecule has 1 aromatic heterocycles. The van der Waals surface area contributed by atoms with Crippen LogP contribution in [-0.4, -0.2) is 47.9 Å². The van der Waals surface area contributed by atoms with Crippen molar-refractivity contribution in [1.29, 1.82) is 0 Å². The average Bonchev–Trinajstić information content (AvgIpc) is 2.67. The van der Waals surface area contributed by atoms with Crippen LogP contribution >= 0.6 is 11.6 Å². The van der Waals surface area contributed by atoms with Crippen LogP contribution in [0.4, 0.5) is 5.69 Å². The quantitative estimate of drug-likeness (QED) is 0.894. The van der Waals surface area contributed by atoms with Crippen LogP contribution in [0.5, 0.6) is 0 Å². The highest BCUT2D eigenvalue weighted by molar-refractivity contribution is 6.31. The summed E-state index contributed by atoms with van der Waals surface area (Å²) in [6, 6.07) is 9.25. The predicted molar refractivity (Wildman–Crippen MR) is 101 cm³/mol. The van der Waals surface area contributed by atoms with Crippen LogP contribution in [-0.2, 0) is 11.3 Å². The van der Waals surface area contributed by atoms with Crippen molar-refractivity contribution < 1.29 is 9.59 Å². The highest BCUT2D eigenvalue weighted by atomic mass is 35.5. The van der Waals surface area contributed by atoms with Crippen molar-refractivity contribution in [3.63, 3.8) is 0 Å². The predicted octanol–water partition coefficient (Wildman–Crippen LogP) is 2.33. The third-order valence-corrected chi connectivity index (χ3v) is 4.84. The molecule has 2 heterocycles. The summed E-state index contributed by atoms with van der Waals surface area (Å²) in [5, 5.41) is 3.50. The van der Waals surface area contributed by atoms with Gasteiger partial charge in [0.2, 0.25) is 5.91 Å². The number of piperazine rings is 1. The minimum Gasteiger partial charge on any atom is -0.367 e. The number of hydrogen-bond acceptors (Lipinski definition) is 4. The Morgan fingerprint density at radius 2 is 1.88 bits per heavy atom. The van der Waals surface area contributed by atoms with Crippen molar-refractivity contribution in [2.75, 3.05) is 31.1 Å². The van der Waals surface area contributed by atoms with Gasteiger partial charge in [-0.2, -0.15) is 0 Å². The number of halogens is 1. The second kappa shape index (κ2) is 8.19. The molecule has 136 valence electrons. The number of aromatic nitrogens is 1. The summed E-state index contributed by atoms with van der Waals surface area (Å²) in [6.45, 7) is 4.76. The first-order chi connectivity index (χ1) is 12.5. The van der Waals surface area contributed by atoms with Crippen LogP contribution in [0.2, 0.25) is 5.02 Å². The number of pyridine rings is 1. The van der Waals surface area contributed by atoms with Crippen molar-refractivity contribution in [3.05, 3.63) is 58.9 Å². The second-order valence-corrected chi connectivity index (χ2v) is 6.61. The lowest BCUT2D eigenvalue weighted by atomic mass is 10.2. The Morgan fingerprint density at radius 1 is 1.15 bits per heavy atom. The van der Waals surface area contributed by atoms with Crippen LogP contribution in [0.1, 0.15) is 22.8 Å². The molecule has 2 aromatic rings. The van der Waals surface area contributed by atoms with Crippen LogP contribution in [0.3, 0.4) is 0 Å². The van der Waals surface area contributed by atoms with E-state index in [9.17, 15) is 9.59 Å². The molecule has 3 rings (SSSR count). The molecular weight excluding hydrogens is 352 g/mol. The van der Waals surface area contributed by atoms with Gasteiger partial charge in [-0.1, -0.05) is 29.8 Å². The van der Waals surface area contributed by atoms with Gasteiger partial charge in [0.05, 0.1) is 17.4 Å². The average molecular weight is 373 g/mol. The molecule has 1 N–H and O–H groups in total. The third-order valence-electron chi connectivity index (χ3n) is 4.47. The number of benzene rings is 1. The lowest BCUT2D eigenvalue weighted by molar-refractivity contribution is -0.129. The van der Waals surface area contributed by atoms with Gasteiger partial charge in [0, 0.05) is 50.9 Å². The zero-order chi connectivity index (χ0) is 18.5. The first-order valence-corrected chi connectivity index (χ1v) is 8.89. The second-order valence-electron chi connectivity index (χ2n) is 6.20. The molecule has 1 aliphatic rings. The van der Waals surface area contributed by atoms with Gasteiger partial charge >= 0.3 is 0 Å². The van der Waals surface area contributed by atoms with Crippen LogP contribution in [0.25, 0.3) is 0 Å². The molecule has 2 amide bonds. The number of anilines is 1. The third kappa shape index (κ3) is 4.32. The number of carbonyl (C=O) groups excluding carboxylic acids is 2. The molecule has 26 heavy (non-hydrogen) atoms. The van der Waals surface area contributed by atoms with Gasteiger partial charge < -0.3 is 15.1 Å². The molecule has 0 aliphatic carbocycles. The zero-order valence-electron chi connectivity index (χ0n) is 14.6. The molecule has 1 aromatic carbocycles. The highest BCUT2D eigenvalue weighted by Crippen LogP contribution is 2.18. The minimum absolute atomic E-state index is 0.0930. The molecule has 7 heteroatoms. The first-order valence-electron chi connectivity index (χ1n) is 8.51. The number of rotatable bonds is 4. The number of hydrogen-bond donors (Lipinski definition) is 1. The molecule has 0 spiro atoms. The van der Waals surface area contributed by atoms with Gasteiger partial charge in [0.15, 0.2) is 0 Å². The fourth-order valence-electron chi connectivity index (χ4n) is 2.92. The largest absolute Gasteiger partial charge is 0.367 e. The lowest BCUT2D eigenvalue weighted by Crippen LogP contribution is -2.48. The number of amides is 2. The molecule has 0 radical (unpaired) electrons. The fourth-order valence-corrected chi connectivity index (χ4v) is 3.13. The Bertz CT molecular complexity index is 804. The first kappa shape index (κ1) is 18.2. The molecule has 0 atom stereocenters. The van der Waals surface area contributed by atoms with Gasteiger partial charge in [0.25, 0.3) is 5.91 Å². The summed E-state index contributed by atoms with van der Waals surface area (Å²) in [7, 11) is 0. The van der Waals surface area contributed by atoms with E-state index in [1.54, 1.807) is 25.4 Å². The molecule has 1 fully saturated rings. The van der Waals surface area contributed by atoms with Crippen molar-refractivity contribution in [2.24, 2.45) is 0 Å². The Kier molecular flexibility index (Phi) is 5.73. The van der Waals surface area contributed by atoms with E-state index in [0.29, 0.717) is 30.2 Å². The minimum atomic E-state index is -0.193. The van der Waals surface area contributed by atoms with E-state index in [4.69, 9.17) is 11.6 Å². The van der Waals surface area contributed by atoms with Crippen LogP contribution in [0.15, 0.2) is 42.7 Å². The maximum absolute atomic E-state index is 12.4. The SMILES string of the molecule is CC(=O)N1CCN(c2cncc(C(=O)NCc3ccccc3Cl)c2)CC1. The van der Waals surface area contributed by atoms with Crippen molar-refractivity contribution in [1.82, 2.24) is 15.2 Å².